The van der Waals surface area contributed by atoms with E-state index in [1.807, 2.05) is 18.5 Å². The lowest BCUT2D eigenvalue weighted by molar-refractivity contribution is 0.355. The molecule has 6 nitrogen and oxygen atoms in total. The van der Waals surface area contributed by atoms with E-state index in [9.17, 15) is 0 Å². The first-order valence-corrected chi connectivity index (χ1v) is 5.22. The molecule has 0 saturated heterocycles. The molecule has 0 radical (unpaired) electrons. The van der Waals surface area contributed by atoms with Gasteiger partial charge in [0.2, 0.25) is 11.7 Å². The van der Waals surface area contributed by atoms with E-state index in [1.54, 1.807) is 12.5 Å². The molecule has 0 aliphatic rings. The monoisotopic (exact) mass is 221 g/mol. The number of nitrogens with two attached hydrogens (primary N) is 1. The van der Waals surface area contributed by atoms with E-state index in [1.165, 1.54) is 0 Å². The Labute approximate surface area is 93.5 Å². The summed E-state index contributed by atoms with van der Waals surface area (Å²) in [7, 11) is 1.89. The third kappa shape index (κ3) is 1.96. The molecule has 6 heteroatoms. The van der Waals surface area contributed by atoms with Crippen LogP contribution in [0.15, 0.2) is 17.0 Å². The van der Waals surface area contributed by atoms with E-state index in [0.29, 0.717) is 18.3 Å². The highest BCUT2D eigenvalue weighted by Gasteiger charge is 2.15. The van der Waals surface area contributed by atoms with E-state index in [0.717, 1.165) is 12.1 Å². The van der Waals surface area contributed by atoms with Crippen molar-refractivity contribution in [3.63, 3.8) is 0 Å². The van der Waals surface area contributed by atoms with Gasteiger partial charge in [-0.1, -0.05) is 12.1 Å². The lowest BCUT2D eigenvalue weighted by atomic mass is 10.1. The molecule has 16 heavy (non-hydrogen) atoms. The largest absolute Gasteiger partial charge is 0.339 e. The molecule has 1 unspecified atom stereocenters. The van der Waals surface area contributed by atoms with E-state index < -0.39 is 0 Å². The first kappa shape index (κ1) is 10.8. The van der Waals surface area contributed by atoms with Crippen LogP contribution in [0.4, 0.5) is 0 Å². The van der Waals surface area contributed by atoms with Gasteiger partial charge < -0.3 is 14.8 Å². The maximum Gasteiger partial charge on any atom is 0.229 e. The minimum Gasteiger partial charge on any atom is -0.339 e. The van der Waals surface area contributed by atoms with Crippen molar-refractivity contribution in [2.75, 3.05) is 6.54 Å². The fraction of sp³-hybridized carbons (Fsp3) is 0.500. The van der Waals surface area contributed by atoms with Crippen LogP contribution in [0.25, 0.3) is 11.5 Å². The van der Waals surface area contributed by atoms with Crippen LogP contribution in [0.2, 0.25) is 0 Å². The fourth-order valence-electron chi connectivity index (χ4n) is 1.49. The molecular formula is C10H15N5O. The second kappa shape index (κ2) is 4.44. The van der Waals surface area contributed by atoms with Gasteiger partial charge in [0.05, 0.1) is 12.5 Å². The first-order valence-electron chi connectivity index (χ1n) is 5.22. The van der Waals surface area contributed by atoms with Gasteiger partial charge in [-0.25, -0.2) is 4.98 Å². The second-order valence-electron chi connectivity index (χ2n) is 3.82. The Kier molecular flexibility index (Phi) is 3.00. The topological polar surface area (TPSA) is 82.8 Å². The van der Waals surface area contributed by atoms with Gasteiger partial charge in [0.15, 0.2) is 0 Å². The average Bonchev–Trinajstić information content (AvgIpc) is 2.86. The zero-order valence-corrected chi connectivity index (χ0v) is 9.42. The van der Waals surface area contributed by atoms with E-state index in [-0.39, 0.29) is 5.92 Å². The lowest BCUT2D eigenvalue weighted by Gasteiger charge is -2.01. The molecule has 0 fully saturated rings. The van der Waals surface area contributed by atoms with Crippen molar-refractivity contribution in [1.82, 2.24) is 19.7 Å². The number of nitrogens with zero attached hydrogens (tertiary/aromatic N) is 4. The minimum atomic E-state index is 0.194. The van der Waals surface area contributed by atoms with Crippen LogP contribution in [0.3, 0.4) is 0 Å². The van der Waals surface area contributed by atoms with Gasteiger partial charge in [-0.3, -0.25) is 0 Å². The number of aryl methyl sites for hydroxylation is 1. The molecule has 0 saturated carbocycles. The minimum absolute atomic E-state index is 0.194. The zero-order chi connectivity index (χ0) is 11.5. The highest BCUT2D eigenvalue weighted by atomic mass is 16.5. The Morgan fingerprint density at radius 1 is 1.56 bits per heavy atom. The zero-order valence-electron chi connectivity index (χ0n) is 9.42. The number of imidazole rings is 1. The van der Waals surface area contributed by atoms with Crippen LogP contribution in [-0.2, 0) is 7.05 Å². The Hall–Kier alpha value is -1.69. The summed E-state index contributed by atoms with van der Waals surface area (Å²) in [5.41, 5.74) is 6.33. The van der Waals surface area contributed by atoms with Crippen LogP contribution in [0, 0.1) is 0 Å². The summed E-state index contributed by atoms with van der Waals surface area (Å²) in [6, 6.07) is 0. The third-order valence-corrected chi connectivity index (χ3v) is 2.51. The van der Waals surface area contributed by atoms with Gasteiger partial charge in [-0.2, -0.15) is 4.98 Å². The summed E-state index contributed by atoms with van der Waals surface area (Å²) >= 11 is 0. The van der Waals surface area contributed by atoms with Crippen LogP contribution in [-0.4, -0.2) is 26.2 Å². The van der Waals surface area contributed by atoms with Gasteiger partial charge in [-0.15, -0.1) is 0 Å². The predicted molar refractivity (Wildman–Crippen MR) is 58.6 cm³/mol. The molecule has 86 valence electrons. The highest BCUT2D eigenvalue weighted by molar-refractivity contribution is 5.47. The standard InChI is InChI=1S/C10H15N5O/c1-7(3-4-11)10-13-9(14-16-10)8-5-12-6-15(8)2/h5-7H,3-4,11H2,1-2H3. The van der Waals surface area contributed by atoms with Crippen LogP contribution in [0.5, 0.6) is 0 Å². The van der Waals surface area contributed by atoms with E-state index in [4.69, 9.17) is 10.3 Å². The molecule has 2 aromatic rings. The molecule has 0 aromatic carbocycles. The van der Waals surface area contributed by atoms with Crippen molar-refractivity contribution in [2.45, 2.75) is 19.3 Å². The van der Waals surface area contributed by atoms with Gasteiger partial charge in [0.25, 0.3) is 0 Å². The summed E-state index contributed by atoms with van der Waals surface area (Å²) in [6.07, 6.45) is 4.25. The van der Waals surface area contributed by atoms with Crippen molar-refractivity contribution in [2.24, 2.45) is 12.8 Å². The molecule has 0 aliphatic heterocycles. The number of rotatable bonds is 4. The molecule has 2 N–H and O–H groups in total. The molecule has 0 amide bonds. The smallest absolute Gasteiger partial charge is 0.229 e. The average molecular weight is 221 g/mol. The molecule has 1 atom stereocenters. The molecule has 2 aromatic heterocycles. The molecule has 2 heterocycles. The normalized spacial score (nSPS) is 12.9. The Morgan fingerprint density at radius 2 is 2.38 bits per heavy atom. The number of aromatic nitrogens is 4. The van der Waals surface area contributed by atoms with Crippen molar-refractivity contribution >= 4 is 0 Å². The van der Waals surface area contributed by atoms with Crippen LogP contribution < -0.4 is 5.73 Å². The van der Waals surface area contributed by atoms with Crippen molar-refractivity contribution < 1.29 is 4.52 Å². The summed E-state index contributed by atoms with van der Waals surface area (Å²) in [4.78, 5) is 8.35. The Bertz CT molecular complexity index is 461. The fourth-order valence-corrected chi connectivity index (χ4v) is 1.49. The molecule has 2 rings (SSSR count). The molecule has 0 aliphatic carbocycles. The maximum absolute atomic E-state index is 5.49. The lowest BCUT2D eigenvalue weighted by Crippen LogP contribution is -2.04. The van der Waals surface area contributed by atoms with Crippen molar-refractivity contribution in [3.05, 3.63) is 18.4 Å². The Balaban J connectivity index is 2.23. The van der Waals surface area contributed by atoms with Crippen LogP contribution >= 0.6 is 0 Å². The summed E-state index contributed by atoms with van der Waals surface area (Å²) in [5.74, 6) is 1.39. The second-order valence-corrected chi connectivity index (χ2v) is 3.82. The maximum atomic E-state index is 5.49. The quantitative estimate of drug-likeness (QED) is 0.830. The van der Waals surface area contributed by atoms with Gasteiger partial charge in [0.1, 0.15) is 5.69 Å². The Morgan fingerprint density at radius 3 is 3.00 bits per heavy atom. The van der Waals surface area contributed by atoms with Gasteiger partial charge in [0, 0.05) is 13.0 Å². The van der Waals surface area contributed by atoms with Crippen LogP contribution in [0.1, 0.15) is 25.2 Å². The summed E-state index contributed by atoms with van der Waals surface area (Å²) in [5, 5.41) is 3.94. The number of hydrogen-bond donors (Lipinski definition) is 1. The van der Waals surface area contributed by atoms with Crippen molar-refractivity contribution in [3.8, 4) is 11.5 Å². The predicted octanol–water partition coefficient (Wildman–Crippen LogP) is 0.922. The van der Waals surface area contributed by atoms with E-state index >= 15 is 0 Å². The molecule has 0 bridgehead atoms. The molecule has 0 spiro atoms. The third-order valence-electron chi connectivity index (χ3n) is 2.51. The summed E-state index contributed by atoms with van der Waals surface area (Å²) < 4.78 is 7.05. The van der Waals surface area contributed by atoms with E-state index in [2.05, 4.69) is 15.1 Å². The summed E-state index contributed by atoms with van der Waals surface area (Å²) in [6.45, 7) is 2.64. The molecular weight excluding hydrogens is 206 g/mol. The number of hydrogen-bond acceptors (Lipinski definition) is 5. The highest BCUT2D eigenvalue weighted by Crippen LogP contribution is 2.20. The van der Waals surface area contributed by atoms with Crippen molar-refractivity contribution in [1.29, 1.82) is 0 Å². The first-order chi connectivity index (χ1) is 7.72. The SMILES string of the molecule is CC(CCN)c1nc(-c2cncn2C)no1. The van der Waals surface area contributed by atoms with Gasteiger partial charge in [-0.05, 0) is 13.0 Å². The van der Waals surface area contributed by atoms with Gasteiger partial charge >= 0.3 is 0 Å².